The molecule has 0 saturated heterocycles. The van der Waals surface area contributed by atoms with Crippen molar-refractivity contribution >= 4 is 11.9 Å². The van der Waals surface area contributed by atoms with Crippen molar-refractivity contribution in [3.8, 4) is 17.4 Å². The Balaban J connectivity index is 1.67. The third kappa shape index (κ3) is 4.72. The molecule has 0 radical (unpaired) electrons. The first-order valence-electron chi connectivity index (χ1n) is 7.10. The van der Waals surface area contributed by atoms with E-state index >= 15 is 0 Å². The molecule has 134 valence electrons. The van der Waals surface area contributed by atoms with Gasteiger partial charge in [-0.2, -0.15) is 0 Å². The number of nitrogens with one attached hydrogen (secondary N) is 1. The zero-order valence-electron chi connectivity index (χ0n) is 12.9. The first kappa shape index (κ1) is 17.3. The fraction of sp³-hybridized carbons (Fsp3) is 0.0625. The number of carbonyl (C=O) groups is 1. The predicted molar refractivity (Wildman–Crippen MR) is 81.9 cm³/mol. The van der Waals surface area contributed by atoms with Gasteiger partial charge in [0.1, 0.15) is 17.8 Å². The Hall–Kier alpha value is -3.56. The molecule has 1 aromatic carbocycles. The van der Waals surface area contributed by atoms with E-state index in [0.717, 1.165) is 12.1 Å². The Morgan fingerprint density at radius 2 is 1.77 bits per heavy atom. The number of halogens is 3. The molecule has 2 aromatic heterocycles. The summed E-state index contributed by atoms with van der Waals surface area (Å²) in [5.74, 6) is -0.572. The molecule has 0 unspecified atom stereocenters. The largest absolute Gasteiger partial charge is 0.573 e. The average Bonchev–Trinajstić information content (AvgIpc) is 3.08. The maximum absolute atomic E-state index is 12.1. The summed E-state index contributed by atoms with van der Waals surface area (Å²) in [7, 11) is 0. The highest BCUT2D eigenvalue weighted by molar-refractivity contribution is 6.03. The third-order valence-corrected chi connectivity index (χ3v) is 2.93. The smallest absolute Gasteiger partial charge is 0.439 e. The molecule has 0 fully saturated rings. The van der Waals surface area contributed by atoms with Gasteiger partial charge < -0.3 is 13.9 Å². The van der Waals surface area contributed by atoms with E-state index in [1.807, 2.05) is 0 Å². The van der Waals surface area contributed by atoms with Crippen LogP contribution >= 0.6 is 0 Å². The van der Waals surface area contributed by atoms with Gasteiger partial charge in [-0.15, -0.1) is 13.2 Å². The summed E-state index contributed by atoms with van der Waals surface area (Å²) in [6.07, 6.45) is -0.735. The zero-order valence-corrected chi connectivity index (χ0v) is 12.9. The first-order chi connectivity index (χ1) is 12.4. The molecule has 0 spiro atoms. The molecule has 10 heteroatoms. The van der Waals surface area contributed by atoms with Crippen LogP contribution in [0.15, 0.2) is 59.5 Å². The first-order valence-corrected chi connectivity index (χ1v) is 7.10. The summed E-state index contributed by atoms with van der Waals surface area (Å²) in [5.41, 5.74) is 0.227. The van der Waals surface area contributed by atoms with Crippen molar-refractivity contribution in [3.05, 3.63) is 60.6 Å². The molecule has 1 N–H and O–H groups in total. The van der Waals surface area contributed by atoms with Gasteiger partial charge in [0.2, 0.25) is 5.88 Å². The van der Waals surface area contributed by atoms with Crippen molar-refractivity contribution in [1.29, 1.82) is 0 Å². The van der Waals surface area contributed by atoms with Crippen LogP contribution in [0.5, 0.6) is 17.4 Å². The number of rotatable bonds is 5. The highest BCUT2D eigenvalue weighted by Crippen LogP contribution is 2.27. The minimum Gasteiger partial charge on any atom is -0.439 e. The third-order valence-electron chi connectivity index (χ3n) is 2.93. The number of hydrogen-bond donors (Lipinski definition) is 1. The van der Waals surface area contributed by atoms with Gasteiger partial charge in [0.05, 0.1) is 6.20 Å². The van der Waals surface area contributed by atoms with E-state index in [9.17, 15) is 18.0 Å². The number of carbonyl (C=O) groups excluding carboxylic acids is 1. The molecule has 26 heavy (non-hydrogen) atoms. The Labute approximate surface area is 144 Å². The number of benzene rings is 1. The number of oxazole rings is 1. The Kier molecular flexibility index (Phi) is 4.74. The number of hydrogen-bond acceptors (Lipinski definition) is 6. The number of nitrogens with zero attached hydrogens (tertiary/aromatic N) is 2. The van der Waals surface area contributed by atoms with Crippen molar-refractivity contribution < 1.29 is 31.9 Å². The number of alkyl halides is 3. The highest BCUT2D eigenvalue weighted by atomic mass is 19.4. The van der Waals surface area contributed by atoms with E-state index in [0.29, 0.717) is 0 Å². The van der Waals surface area contributed by atoms with Crippen molar-refractivity contribution in [2.24, 2.45) is 0 Å². The minimum atomic E-state index is -4.77. The van der Waals surface area contributed by atoms with Gasteiger partial charge in [-0.25, -0.2) is 9.97 Å². The molecule has 0 aliphatic heterocycles. The van der Waals surface area contributed by atoms with Gasteiger partial charge in [0.25, 0.3) is 5.91 Å². The standard InChI is InChI=1S/C16H10F3N3O4/c17-16(18,19)26-12-3-1-11(2-4-12)25-13-9-10(5-6-20-13)14(23)22-15-21-7-8-24-15/h1-9H,(H,21,22,23). The number of pyridine rings is 1. The van der Waals surface area contributed by atoms with E-state index in [-0.39, 0.29) is 29.0 Å². The van der Waals surface area contributed by atoms with Crippen LogP contribution in [0.2, 0.25) is 0 Å². The van der Waals surface area contributed by atoms with Crippen LogP contribution in [-0.4, -0.2) is 22.2 Å². The number of ether oxygens (including phenoxy) is 2. The molecular weight excluding hydrogens is 355 g/mol. The summed E-state index contributed by atoms with van der Waals surface area (Å²) < 4.78 is 50.5. The van der Waals surface area contributed by atoms with Gasteiger partial charge in [-0.05, 0) is 30.3 Å². The summed E-state index contributed by atoms with van der Waals surface area (Å²) in [6, 6.07) is 7.60. The van der Waals surface area contributed by atoms with E-state index < -0.39 is 12.3 Å². The summed E-state index contributed by atoms with van der Waals surface area (Å²) >= 11 is 0. The second-order valence-corrected chi connectivity index (χ2v) is 4.80. The van der Waals surface area contributed by atoms with Crippen LogP contribution in [-0.2, 0) is 0 Å². The SMILES string of the molecule is O=C(Nc1ncco1)c1ccnc(Oc2ccc(OC(F)(F)F)cc2)c1. The number of amides is 1. The lowest BCUT2D eigenvalue weighted by atomic mass is 10.2. The summed E-state index contributed by atoms with van der Waals surface area (Å²) in [6.45, 7) is 0. The summed E-state index contributed by atoms with van der Waals surface area (Å²) in [5, 5.41) is 2.44. The van der Waals surface area contributed by atoms with Gasteiger partial charge >= 0.3 is 12.4 Å². The molecule has 0 aliphatic rings. The quantitative estimate of drug-likeness (QED) is 0.735. The van der Waals surface area contributed by atoms with Gasteiger partial charge in [0, 0.05) is 17.8 Å². The molecule has 0 bridgehead atoms. The van der Waals surface area contributed by atoms with Crippen LogP contribution in [0.4, 0.5) is 19.2 Å². The number of anilines is 1. The second-order valence-electron chi connectivity index (χ2n) is 4.80. The lowest BCUT2D eigenvalue weighted by molar-refractivity contribution is -0.274. The molecule has 3 aromatic rings. The lowest BCUT2D eigenvalue weighted by Crippen LogP contribution is -2.16. The van der Waals surface area contributed by atoms with Crippen LogP contribution < -0.4 is 14.8 Å². The normalized spacial score (nSPS) is 11.0. The van der Waals surface area contributed by atoms with Crippen molar-refractivity contribution in [3.63, 3.8) is 0 Å². The van der Waals surface area contributed by atoms with Crippen molar-refractivity contribution in [2.75, 3.05) is 5.32 Å². The molecule has 0 atom stereocenters. The number of aromatic nitrogens is 2. The fourth-order valence-corrected chi connectivity index (χ4v) is 1.89. The second kappa shape index (κ2) is 7.13. The van der Waals surface area contributed by atoms with E-state index in [1.165, 1.54) is 42.9 Å². The van der Waals surface area contributed by atoms with E-state index in [2.05, 4.69) is 20.0 Å². The van der Waals surface area contributed by atoms with Crippen LogP contribution in [0.25, 0.3) is 0 Å². The minimum absolute atomic E-state index is 0.0366. The van der Waals surface area contributed by atoms with Gasteiger partial charge in [-0.3, -0.25) is 10.1 Å². The Morgan fingerprint density at radius 1 is 1.04 bits per heavy atom. The van der Waals surface area contributed by atoms with Crippen LogP contribution in [0, 0.1) is 0 Å². The highest BCUT2D eigenvalue weighted by Gasteiger charge is 2.31. The van der Waals surface area contributed by atoms with E-state index in [4.69, 9.17) is 9.15 Å². The molecule has 3 rings (SSSR count). The zero-order chi connectivity index (χ0) is 18.6. The predicted octanol–water partition coefficient (Wildman–Crippen LogP) is 4.01. The Morgan fingerprint density at radius 3 is 2.42 bits per heavy atom. The van der Waals surface area contributed by atoms with Crippen LogP contribution in [0.1, 0.15) is 10.4 Å². The lowest BCUT2D eigenvalue weighted by Gasteiger charge is -2.10. The molecular formula is C16H10F3N3O4. The molecule has 2 heterocycles. The topological polar surface area (TPSA) is 86.5 Å². The molecule has 0 aliphatic carbocycles. The maximum Gasteiger partial charge on any atom is 0.573 e. The van der Waals surface area contributed by atoms with E-state index in [1.54, 1.807) is 0 Å². The summed E-state index contributed by atoms with van der Waals surface area (Å²) in [4.78, 5) is 19.8. The fourth-order valence-electron chi connectivity index (χ4n) is 1.89. The van der Waals surface area contributed by atoms with Crippen molar-refractivity contribution in [2.45, 2.75) is 6.36 Å². The molecule has 0 saturated carbocycles. The average molecular weight is 365 g/mol. The Bertz CT molecular complexity index is 881. The molecule has 7 nitrogen and oxygen atoms in total. The van der Waals surface area contributed by atoms with Crippen molar-refractivity contribution in [1.82, 2.24) is 9.97 Å². The van der Waals surface area contributed by atoms with Gasteiger partial charge in [-0.1, -0.05) is 0 Å². The maximum atomic E-state index is 12.1. The monoisotopic (exact) mass is 365 g/mol. The molecule has 1 amide bonds. The van der Waals surface area contributed by atoms with Gasteiger partial charge in [0.15, 0.2) is 0 Å². The van der Waals surface area contributed by atoms with Crippen LogP contribution in [0.3, 0.4) is 0 Å².